The van der Waals surface area contributed by atoms with Crippen LogP contribution in [0.25, 0.3) is 11.5 Å². The van der Waals surface area contributed by atoms with Gasteiger partial charge in [0.05, 0.1) is 25.5 Å². The second-order valence-corrected chi connectivity index (χ2v) is 6.21. The maximum absolute atomic E-state index is 13.2. The summed E-state index contributed by atoms with van der Waals surface area (Å²) < 4.78 is 42.1. The third-order valence-electron chi connectivity index (χ3n) is 3.61. The Morgan fingerprint density at radius 1 is 1.07 bits per heavy atom. The molecule has 0 fully saturated rings. The van der Waals surface area contributed by atoms with Crippen LogP contribution in [0.2, 0.25) is 0 Å². The Hall–Kier alpha value is -2.94. The van der Waals surface area contributed by atoms with Gasteiger partial charge in [0.25, 0.3) is 11.1 Å². The van der Waals surface area contributed by atoms with Crippen LogP contribution in [0.1, 0.15) is 10.4 Å². The SMILES string of the molecule is COc1ccc(-c2nnc(SCC(=O)c3ccc(F)c(F)c3)o2)c(OC)c1. The number of hydrogen-bond acceptors (Lipinski definition) is 7. The molecule has 0 aliphatic heterocycles. The highest BCUT2D eigenvalue weighted by Crippen LogP contribution is 2.33. The fraction of sp³-hybridized carbons (Fsp3) is 0.167. The molecule has 6 nitrogen and oxygen atoms in total. The third-order valence-corrected chi connectivity index (χ3v) is 4.43. The van der Waals surface area contributed by atoms with E-state index in [0.717, 1.165) is 23.9 Å². The number of thioether (sulfide) groups is 1. The molecule has 2 aromatic carbocycles. The van der Waals surface area contributed by atoms with Gasteiger partial charge in [-0.15, -0.1) is 10.2 Å². The summed E-state index contributed by atoms with van der Waals surface area (Å²) in [5.41, 5.74) is 0.641. The molecule has 0 atom stereocenters. The number of methoxy groups -OCH3 is 2. The van der Waals surface area contributed by atoms with Crippen LogP contribution in [-0.2, 0) is 0 Å². The van der Waals surface area contributed by atoms with Crippen molar-refractivity contribution < 1.29 is 27.5 Å². The molecule has 1 aromatic heterocycles. The minimum absolute atomic E-state index is 0.0630. The first-order chi connectivity index (χ1) is 13.0. The van der Waals surface area contributed by atoms with Crippen molar-refractivity contribution in [2.45, 2.75) is 5.22 Å². The number of ether oxygens (including phenoxy) is 2. The summed E-state index contributed by atoms with van der Waals surface area (Å²) >= 11 is 0.999. The Kier molecular flexibility index (Phi) is 5.70. The zero-order chi connectivity index (χ0) is 19.4. The lowest BCUT2D eigenvalue weighted by Gasteiger charge is -2.07. The van der Waals surface area contributed by atoms with E-state index < -0.39 is 11.6 Å². The largest absolute Gasteiger partial charge is 0.497 e. The maximum Gasteiger partial charge on any atom is 0.277 e. The number of nitrogens with zero attached hydrogens (tertiary/aromatic N) is 2. The van der Waals surface area contributed by atoms with E-state index in [1.54, 1.807) is 25.3 Å². The van der Waals surface area contributed by atoms with Crippen molar-refractivity contribution in [3.8, 4) is 23.0 Å². The summed E-state index contributed by atoms with van der Waals surface area (Å²) in [6.45, 7) is 0. The van der Waals surface area contributed by atoms with Crippen molar-refractivity contribution in [2.24, 2.45) is 0 Å². The summed E-state index contributed by atoms with van der Waals surface area (Å²) in [4.78, 5) is 12.1. The Labute approximate surface area is 157 Å². The van der Waals surface area contributed by atoms with E-state index in [0.29, 0.717) is 17.1 Å². The zero-order valence-corrected chi connectivity index (χ0v) is 15.2. The van der Waals surface area contributed by atoms with Crippen LogP contribution in [0.5, 0.6) is 11.5 Å². The number of carbonyl (C=O) groups is 1. The van der Waals surface area contributed by atoms with Crippen LogP contribution in [0.4, 0.5) is 8.78 Å². The first kappa shape index (κ1) is 18.8. The molecule has 140 valence electrons. The molecule has 0 radical (unpaired) electrons. The number of halogens is 2. The van der Waals surface area contributed by atoms with Gasteiger partial charge < -0.3 is 13.9 Å². The van der Waals surface area contributed by atoms with Crippen molar-refractivity contribution in [2.75, 3.05) is 20.0 Å². The third kappa shape index (κ3) is 4.25. The van der Waals surface area contributed by atoms with Crippen LogP contribution in [-0.4, -0.2) is 36.0 Å². The van der Waals surface area contributed by atoms with Crippen LogP contribution in [0, 0.1) is 11.6 Å². The molecule has 0 saturated heterocycles. The molecule has 0 aliphatic carbocycles. The monoisotopic (exact) mass is 392 g/mol. The molecule has 3 rings (SSSR count). The predicted molar refractivity (Wildman–Crippen MR) is 94.3 cm³/mol. The fourth-order valence-electron chi connectivity index (χ4n) is 2.23. The smallest absolute Gasteiger partial charge is 0.277 e. The molecule has 3 aromatic rings. The number of aromatic nitrogens is 2. The van der Waals surface area contributed by atoms with Gasteiger partial charge in [0.2, 0.25) is 0 Å². The Morgan fingerprint density at radius 3 is 2.59 bits per heavy atom. The van der Waals surface area contributed by atoms with E-state index >= 15 is 0 Å². The van der Waals surface area contributed by atoms with Crippen molar-refractivity contribution in [3.63, 3.8) is 0 Å². The molecule has 9 heteroatoms. The highest BCUT2D eigenvalue weighted by molar-refractivity contribution is 7.99. The van der Waals surface area contributed by atoms with Crippen LogP contribution < -0.4 is 9.47 Å². The molecule has 0 spiro atoms. The second kappa shape index (κ2) is 8.17. The second-order valence-electron chi connectivity index (χ2n) is 5.28. The predicted octanol–water partition coefficient (Wildman–Crippen LogP) is 4.01. The van der Waals surface area contributed by atoms with E-state index in [9.17, 15) is 13.6 Å². The lowest BCUT2D eigenvalue weighted by molar-refractivity contribution is 0.102. The van der Waals surface area contributed by atoms with E-state index in [2.05, 4.69) is 10.2 Å². The average molecular weight is 392 g/mol. The lowest BCUT2D eigenvalue weighted by Crippen LogP contribution is -2.03. The molecule has 27 heavy (non-hydrogen) atoms. The minimum Gasteiger partial charge on any atom is -0.497 e. The van der Waals surface area contributed by atoms with Crippen LogP contribution in [0.15, 0.2) is 46.0 Å². The first-order valence-electron chi connectivity index (χ1n) is 7.68. The number of benzene rings is 2. The fourth-order valence-corrected chi connectivity index (χ4v) is 2.89. The van der Waals surface area contributed by atoms with Crippen molar-refractivity contribution in [1.82, 2.24) is 10.2 Å². The van der Waals surface area contributed by atoms with E-state index in [-0.39, 0.29) is 28.2 Å². The van der Waals surface area contributed by atoms with Gasteiger partial charge in [0.15, 0.2) is 17.4 Å². The number of Topliss-reactive ketones (excluding diaryl/α,β-unsaturated/α-hetero) is 1. The Morgan fingerprint density at radius 2 is 1.89 bits per heavy atom. The van der Waals surface area contributed by atoms with Gasteiger partial charge in [-0.3, -0.25) is 4.79 Å². The quantitative estimate of drug-likeness (QED) is 0.444. The normalized spacial score (nSPS) is 10.7. The Bertz CT molecular complexity index is 978. The number of carbonyl (C=O) groups excluding carboxylic acids is 1. The van der Waals surface area contributed by atoms with Crippen molar-refractivity contribution >= 4 is 17.5 Å². The molecular weight excluding hydrogens is 378 g/mol. The average Bonchev–Trinajstić information content (AvgIpc) is 3.16. The Balaban J connectivity index is 1.71. The molecule has 0 saturated carbocycles. The molecule has 0 bridgehead atoms. The highest BCUT2D eigenvalue weighted by Gasteiger charge is 2.16. The van der Waals surface area contributed by atoms with Crippen molar-refractivity contribution in [3.05, 3.63) is 53.6 Å². The summed E-state index contributed by atoms with van der Waals surface area (Å²) in [6.07, 6.45) is 0. The molecular formula is C18H14F2N2O4S. The van der Waals surface area contributed by atoms with E-state index in [1.807, 2.05) is 0 Å². The summed E-state index contributed by atoms with van der Waals surface area (Å²) in [5, 5.41) is 7.99. The van der Waals surface area contributed by atoms with Crippen LogP contribution in [0.3, 0.4) is 0 Å². The van der Waals surface area contributed by atoms with Crippen LogP contribution >= 0.6 is 11.8 Å². The summed E-state index contributed by atoms with van der Waals surface area (Å²) in [7, 11) is 3.05. The van der Waals surface area contributed by atoms with Gasteiger partial charge in [0.1, 0.15) is 11.5 Å². The van der Waals surface area contributed by atoms with Gasteiger partial charge in [-0.1, -0.05) is 11.8 Å². The van der Waals surface area contributed by atoms with E-state index in [4.69, 9.17) is 13.9 Å². The summed E-state index contributed by atoms with van der Waals surface area (Å²) in [5.74, 6) is -1.20. The van der Waals surface area contributed by atoms with Crippen molar-refractivity contribution in [1.29, 1.82) is 0 Å². The maximum atomic E-state index is 13.2. The summed E-state index contributed by atoms with van der Waals surface area (Å²) in [6, 6.07) is 8.11. The zero-order valence-electron chi connectivity index (χ0n) is 14.4. The van der Waals surface area contributed by atoms with E-state index in [1.165, 1.54) is 13.2 Å². The molecule has 0 aliphatic rings. The number of rotatable bonds is 7. The lowest BCUT2D eigenvalue weighted by atomic mass is 10.1. The minimum atomic E-state index is -1.07. The molecule has 1 heterocycles. The molecule has 0 amide bonds. The van der Waals surface area contributed by atoms with Gasteiger partial charge in [0, 0.05) is 11.6 Å². The van der Waals surface area contributed by atoms with Gasteiger partial charge >= 0.3 is 0 Å². The standard InChI is InChI=1S/C18H14F2N2O4S/c1-24-11-4-5-12(16(8-11)25-2)17-21-22-18(26-17)27-9-15(23)10-3-6-13(19)14(20)7-10/h3-8H,9H2,1-2H3. The molecule has 0 unspecified atom stereocenters. The van der Waals surface area contributed by atoms with Gasteiger partial charge in [-0.2, -0.15) is 0 Å². The van der Waals surface area contributed by atoms with Gasteiger partial charge in [-0.05, 0) is 30.3 Å². The highest BCUT2D eigenvalue weighted by atomic mass is 32.2. The number of hydrogen-bond donors (Lipinski definition) is 0. The number of ketones is 1. The topological polar surface area (TPSA) is 74.5 Å². The van der Waals surface area contributed by atoms with Gasteiger partial charge in [-0.25, -0.2) is 8.78 Å². The molecule has 0 N–H and O–H groups in total. The first-order valence-corrected chi connectivity index (χ1v) is 8.67.